The van der Waals surface area contributed by atoms with Crippen molar-refractivity contribution >= 4 is 35.6 Å². The zero-order valence-corrected chi connectivity index (χ0v) is 33.7. The number of benzene rings is 2. The molecule has 2 fully saturated rings. The second-order valence-electron chi connectivity index (χ2n) is 15.8. The molecule has 0 bridgehead atoms. The van der Waals surface area contributed by atoms with Gasteiger partial charge in [0, 0.05) is 41.9 Å². The molecule has 0 radical (unpaired) electrons. The van der Waals surface area contributed by atoms with E-state index in [1.54, 1.807) is 22.2 Å². The Hall–Kier alpha value is -6.19. The number of hydrogen-bond acceptors (Lipinski definition) is 9. The molecule has 16 nitrogen and oxygen atoms in total. The largest absolute Gasteiger partial charge is 0.453 e. The molecular weight excluding hydrogens is 743 g/mol. The van der Waals surface area contributed by atoms with Crippen LogP contribution in [0.25, 0.3) is 22.5 Å². The Morgan fingerprint density at radius 1 is 0.724 bits per heavy atom. The van der Waals surface area contributed by atoms with Crippen molar-refractivity contribution in [1.29, 1.82) is 0 Å². The highest BCUT2D eigenvalue weighted by molar-refractivity contribution is 6.07. The van der Waals surface area contributed by atoms with Crippen LogP contribution in [-0.4, -0.2) is 99.0 Å². The van der Waals surface area contributed by atoms with Crippen molar-refractivity contribution in [2.45, 2.75) is 84.0 Å². The molecular formula is C42H51N9O7. The number of nitrogens with zero attached hydrogens (tertiary/aromatic N) is 4. The van der Waals surface area contributed by atoms with Crippen LogP contribution in [0.4, 0.5) is 15.3 Å². The Bertz CT molecular complexity index is 2210. The Morgan fingerprint density at radius 2 is 1.21 bits per heavy atom. The van der Waals surface area contributed by atoms with Crippen LogP contribution in [0.1, 0.15) is 98.6 Å². The maximum absolute atomic E-state index is 13.8. The van der Waals surface area contributed by atoms with Crippen molar-refractivity contribution in [3.05, 3.63) is 77.1 Å². The molecule has 4 atom stereocenters. The van der Waals surface area contributed by atoms with Gasteiger partial charge in [0.25, 0.3) is 5.91 Å². The lowest BCUT2D eigenvalue weighted by molar-refractivity contribution is -0.136. The van der Waals surface area contributed by atoms with E-state index < -0.39 is 24.3 Å². The molecule has 0 spiro atoms. The van der Waals surface area contributed by atoms with Crippen molar-refractivity contribution in [2.75, 3.05) is 32.6 Å². The third kappa shape index (κ3) is 8.00. The van der Waals surface area contributed by atoms with Gasteiger partial charge in [0.1, 0.15) is 23.7 Å². The first-order valence-corrected chi connectivity index (χ1v) is 19.8. The molecule has 2 aromatic heterocycles. The SMILES string of the molecule is COC(=O)NC(C(=O)N1CCCC1c1ncc(-c2ccc3c(c2)NC(=O)c2cc(-c4cnc(C5CCCN5C(=O)C(NC(=O)OC)C(C)C)[nH]4)ccc2C3)[nH]1)C(C)C. The second-order valence-corrected chi connectivity index (χ2v) is 15.8. The van der Waals surface area contributed by atoms with E-state index in [0.29, 0.717) is 42.4 Å². The van der Waals surface area contributed by atoms with Crippen molar-refractivity contribution < 1.29 is 33.4 Å². The number of fused-ring (bicyclic) bond motifs is 2. The summed E-state index contributed by atoms with van der Waals surface area (Å²) in [7, 11) is 2.55. The number of methoxy groups -OCH3 is 2. The summed E-state index contributed by atoms with van der Waals surface area (Å²) in [4.78, 5) is 84.8. The van der Waals surface area contributed by atoms with Gasteiger partial charge in [-0.25, -0.2) is 19.6 Å². The average molecular weight is 794 g/mol. The van der Waals surface area contributed by atoms with Gasteiger partial charge < -0.3 is 45.2 Å². The number of likely N-dealkylation sites (tertiary alicyclic amines) is 2. The number of H-pyrrole nitrogens is 2. The van der Waals surface area contributed by atoms with Gasteiger partial charge in [-0.1, -0.05) is 52.0 Å². The summed E-state index contributed by atoms with van der Waals surface area (Å²) >= 11 is 0. The van der Waals surface area contributed by atoms with E-state index in [1.807, 2.05) is 64.1 Å². The van der Waals surface area contributed by atoms with E-state index >= 15 is 0 Å². The standard InChI is InChI=1S/C42H51N9O7/c1-22(2)34(48-41(55)57-5)39(53)50-15-7-9-32(50)36-43-20-30(45-36)26-12-11-24-17-25-13-14-27(19-29(25)47-38(52)28(24)18-26)31-21-44-37(46-31)33-10-8-16-51(33)40(54)35(23(3)4)49-42(56)58-6/h11-14,18-23,32-35H,7-10,15-17H2,1-6H3,(H,43,45)(H,44,46)(H,47,52)(H,48,55)(H,49,56). The Labute approximate surface area is 336 Å². The molecule has 4 aromatic rings. The number of amides is 5. The summed E-state index contributed by atoms with van der Waals surface area (Å²) in [5, 5.41) is 8.48. The van der Waals surface area contributed by atoms with Gasteiger partial charge in [0.2, 0.25) is 11.8 Å². The van der Waals surface area contributed by atoms with Crippen LogP contribution in [0.3, 0.4) is 0 Å². The fourth-order valence-corrected chi connectivity index (χ4v) is 8.21. The van der Waals surface area contributed by atoms with Crippen LogP contribution in [0.5, 0.6) is 0 Å². The Kier molecular flexibility index (Phi) is 11.5. The van der Waals surface area contributed by atoms with Crippen molar-refractivity contribution in [2.24, 2.45) is 11.8 Å². The van der Waals surface area contributed by atoms with E-state index in [4.69, 9.17) is 9.47 Å². The second kappa shape index (κ2) is 16.7. The molecule has 5 N–H and O–H groups in total. The number of aromatic nitrogens is 4. The lowest BCUT2D eigenvalue weighted by Crippen LogP contribution is -2.51. The lowest BCUT2D eigenvalue weighted by Gasteiger charge is -2.30. The summed E-state index contributed by atoms with van der Waals surface area (Å²) < 4.78 is 9.52. The van der Waals surface area contributed by atoms with Crippen molar-refractivity contribution in [1.82, 2.24) is 40.4 Å². The van der Waals surface area contributed by atoms with Gasteiger partial charge in [-0.3, -0.25) is 14.4 Å². The predicted octanol–water partition coefficient (Wildman–Crippen LogP) is 5.71. The first kappa shape index (κ1) is 40.0. The number of rotatable bonds is 10. The first-order valence-electron chi connectivity index (χ1n) is 19.8. The van der Waals surface area contributed by atoms with E-state index in [0.717, 1.165) is 59.3 Å². The number of nitrogens with one attached hydrogen (secondary N) is 5. The molecule has 3 aliphatic heterocycles. The zero-order chi connectivity index (χ0) is 41.2. The topological polar surface area (TPSA) is 204 Å². The minimum Gasteiger partial charge on any atom is -0.453 e. The van der Waals surface area contributed by atoms with Crippen LogP contribution < -0.4 is 16.0 Å². The van der Waals surface area contributed by atoms with Gasteiger partial charge in [-0.05, 0) is 60.8 Å². The highest BCUT2D eigenvalue weighted by Crippen LogP contribution is 2.36. The van der Waals surface area contributed by atoms with E-state index in [-0.39, 0.29) is 41.6 Å². The van der Waals surface area contributed by atoms with Gasteiger partial charge in [0.15, 0.2) is 0 Å². The third-order valence-corrected chi connectivity index (χ3v) is 11.4. The minimum absolute atomic E-state index is 0.139. The summed E-state index contributed by atoms with van der Waals surface area (Å²) in [5.41, 5.74) is 6.18. The maximum atomic E-state index is 13.8. The number of imidazole rings is 2. The molecule has 0 saturated carbocycles. The molecule has 0 aliphatic carbocycles. The van der Waals surface area contributed by atoms with E-state index in [9.17, 15) is 24.0 Å². The number of alkyl carbamates (subject to hydrolysis) is 2. The van der Waals surface area contributed by atoms with Gasteiger partial charge in [-0.2, -0.15) is 0 Å². The van der Waals surface area contributed by atoms with Gasteiger partial charge in [-0.15, -0.1) is 0 Å². The van der Waals surface area contributed by atoms with Crippen molar-refractivity contribution in [3.63, 3.8) is 0 Å². The van der Waals surface area contributed by atoms with Crippen LogP contribution >= 0.6 is 0 Å². The summed E-state index contributed by atoms with van der Waals surface area (Å²) in [6.07, 6.45) is 5.77. The fourth-order valence-electron chi connectivity index (χ4n) is 8.21. The number of ether oxygens (including phenoxy) is 2. The summed E-state index contributed by atoms with van der Waals surface area (Å²) in [6.45, 7) is 8.62. The van der Waals surface area contributed by atoms with Crippen LogP contribution in [0.2, 0.25) is 0 Å². The fraction of sp³-hybridized carbons (Fsp3) is 0.452. The molecule has 5 heterocycles. The average Bonchev–Trinajstić information content (AvgIpc) is 4.05. The van der Waals surface area contributed by atoms with Crippen molar-refractivity contribution in [3.8, 4) is 22.5 Å². The molecule has 5 amide bonds. The number of hydrogen-bond donors (Lipinski definition) is 5. The van der Waals surface area contributed by atoms with Crippen LogP contribution in [0, 0.1) is 11.8 Å². The first-order chi connectivity index (χ1) is 27.9. The van der Waals surface area contributed by atoms with E-state index in [1.165, 1.54) is 14.2 Å². The van der Waals surface area contributed by atoms with Crippen LogP contribution in [0.15, 0.2) is 48.8 Å². The molecule has 306 valence electrons. The molecule has 2 saturated heterocycles. The number of anilines is 1. The molecule has 2 aromatic carbocycles. The van der Waals surface area contributed by atoms with Gasteiger partial charge >= 0.3 is 12.2 Å². The zero-order valence-electron chi connectivity index (χ0n) is 33.7. The molecule has 58 heavy (non-hydrogen) atoms. The summed E-state index contributed by atoms with van der Waals surface area (Å²) in [6, 6.07) is 9.71. The normalized spacial score (nSPS) is 18.6. The number of carbonyl (C=O) groups is 5. The summed E-state index contributed by atoms with van der Waals surface area (Å²) in [5.74, 6) is 0.426. The highest BCUT2D eigenvalue weighted by Gasteiger charge is 2.39. The molecule has 3 aliphatic rings. The monoisotopic (exact) mass is 793 g/mol. The smallest absolute Gasteiger partial charge is 0.407 e. The quantitative estimate of drug-likeness (QED) is 0.133. The number of aromatic amines is 2. The van der Waals surface area contributed by atoms with Crippen LogP contribution in [-0.2, 0) is 25.5 Å². The third-order valence-electron chi connectivity index (χ3n) is 11.4. The Balaban J connectivity index is 1.06. The molecule has 16 heteroatoms. The predicted molar refractivity (Wildman–Crippen MR) is 215 cm³/mol. The van der Waals surface area contributed by atoms with E-state index in [2.05, 4.69) is 35.9 Å². The Morgan fingerprint density at radius 3 is 1.69 bits per heavy atom. The maximum Gasteiger partial charge on any atom is 0.407 e. The molecule has 4 unspecified atom stereocenters. The lowest BCUT2D eigenvalue weighted by atomic mass is 9.97. The highest BCUT2D eigenvalue weighted by atomic mass is 16.5. The van der Waals surface area contributed by atoms with Gasteiger partial charge in [0.05, 0.1) is 50.1 Å². The number of carbonyl (C=O) groups excluding carboxylic acids is 5. The minimum atomic E-state index is -0.732. The molecule has 7 rings (SSSR count).